The maximum Gasteiger partial charge on any atom is 0.248 e. The van der Waals surface area contributed by atoms with Gasteiger partial charge in [-0.25, -0.2) is 0 Å². The fourth-order valence-electron chi connectivity index (χ4n) is 2.17. The molecule has 1 heterocycles. The summed E-state index contributed by atoms with van der Waals surface area (Å²) in [6, 6.07) is 8.72. The third-order valence-corrected chi connectivity index (χ3v) is 3.03. The normalized spacial score (nSPS) is 24.2. The maximum atomic E-state index is 11.8. The molecular weight excluding hydrogens is 228 g/mol. The van der Waals surface area contributed by atoms with Gasteiger partial charge in [-0.15, -0.1) is 0 Å². The Bertz CT molecular complexity index is 442. The van der Waals surface area contributed by atoms with Gasteiger partial charge in [0, 0.05) is 0 Å². The molecule has 2 amide bonds. The van der Waals surface area contributed by atoms with Crippen molar-refractivity contribution in [2.75, 3.05) is 0 Å². The van der Waals surface area contributed by atoms with E-state index in [9.17, 15) is 9.59 Å². The van der Waals surface area contributed by atoms with Crippen molar-refractivity contribution < 1.29 is 9.59 Å². The second-order valence-corrected chi connectivity index (χ2v) is 5.05. The average Bonchev–Trinajstić information content (AvgIpc) is 2.33. The Morgan fingerprint density at radius 3 is 2.39 bits per heavy atom. The molecule has 0 unspecified atom stereocenters. The van der Waals surface area contributed by atoms with Gasteiger partial charge in [0.15, 0.2) is 0 Å². The zero-order valence-electron chi connectivity index (χ0n) is 10.6. The van der Waals surface area contributed by atoms with Crippen LogP contribution in [0.15, 0.2) is 30.3 Å². The first-order valence-corrected chi connectivity index (χ1v) is 6.23. The quantitative estimate of drug-likeness (QED) is 0.792. The van der Waals surface area contributed by atoms with Crippen molar-refractivity contribution >= 4 is 11.8 Å². The van der Waals surface area contributed by atoms with Crippen LogP contribution in [0.4, 0.5) is 0 Å². The second-order valence-electron chi connectivity index (χ2n) is 5.05. The number of nitrogens with one attached hydrogen (secondary N) is 2. The number of rotatable bonds is 3. The molecule has 96 valence electrons. The minimum atomic E-state index is -0.437. The average molecular weight is 246 g/mol. The fourth-order valence-corrected chi connectivity index (χ4v) is 2.17. The smallest absolute Gasteiger partial charge is 0.248 e. The molecule has 1 aromatic carbocycles. The maximum absolute atomic E-state index is 11.8. The molecule has 0 saturated carbocycles. The highest BCUT2D eigenvalue weighted by atomic mass is 16.2. The molecule has 0 spiro atoms. The second kappa shape index (κ2) is 5.31. The van der Waals surface area contributed by atoms with E-state index in [0.717, 1.165) is 12.0 Å². The lowest BCUT2D eigenvalue weighted by Gasteiger charge is -2.30. The summed E-state index contributed by atoms with van der Waals surface area (Å²) in [4.78, 5) is 23.6. The summed E-state index contributed by atoms with van der Waals surface area (Å²) < 4.78 is 0. The molecule has 4 nitrogen and oxygen atoms in total. The number of amides is 2. The van der Waals surface area contributed by atoms with Gasteiger partial charge in [-0.3, -0.25) is 20.2 Å². The van der Waals surface area contributed by atoms with E-state index in [1.54, 1.807) is 0 Å². The van der Waals surface area contributed by atoms with Gasteiger partial charge >= 0.3 is 0 Å². The van der Waals surface area contributed by atoms with Gasteiger partial charge in [0.05, 0.1) is 6.04 Å². The largest absolute Gasteiger partial charge is 0.293 e. The topological polar surface area (TPSA) is 58.2 Å². The number of hydrogen-bond donors (Lipinski definition) is 2. The first-order chi connectivity index (χ1) is 8.58. The number of carbonyl (C=O) groups excluding carboxylic acids is 2. The molecule has 2 rings (SSSR count). The van der Waals surface area contributed by atoms with Crippen LogP contribution in [0.1, 0.15) is 31.9 Å². The van der Waals surface area contributed by atoms with Crippen molar-refractivity contribution in [3.05, 3.63) is 35.9 Å². The van der Waals surface area contributed by atoms with E-state index in [1.165, 1.54) is 0 Å². The van der Waals surface area contributed by atoms with Gasteiger partial charge in [0.2, 0.25) is 11.8 Å². The summed E-state index contributed by atoms with van der Waals surface area (Å²) in [5, 5.41) is 5.58. The molecule has 0 bridgehead atoms. The molecule has 1 aliphatic heterocycles. The molecule has 1 fully saturated rings. The van der Waals surface area contributed by atoms with Crippen molar-refractivity contribution in [2.45, 2.75) is 32.4 Å². The number of benzene rings is 1. The first-order valence-electron chi connectivity index (χ1n) is 6.23. The Morgan fingerprint density at radius 2 is 1.78 bits per heavy atom. The van der Waals surface area contributed by atoms with Crippen molar-refractivity contribution in [3.63, 3.8) is 0 Å². The number of piperazine rings is 1. The number of imide groups is 1. The van der Waals surface area contributed by atoms with Gasteiger partial charge < -0.3 is 0 Å². The van der Waals surface area contributed by atoms with E-state index in [1.807, 2.05) is 30.3 Å². The highest BCUT2D eigenvalue weighted by Crippen LogP contribution is 2.19. The summed E-state index contributed by atoms with van der Waals surface area (Å²) in [6.45, 7) is 4.12. The van der Waals surface area contributed by atoms with Crippen LogP contribution >= 0.6 is 0 Å². The lowest BCUT2D eigenvalue weighted by atomic mass is 9.97. The molecule has 1 aliphatic rings. The molecule has 0 radical (unpaired) electrons. The van der Waals surface area contributed by atoms with Crippen molar-refractivity contribution in [2.24, 2.45) is 5.92 Å². The van der Waals surface area contributed by atoms with Crippen LogP contribution in [0.5, 0.6) is 0 Å². The Morgan fingerprint density at radius 1 is 1.11 bits per heavy atom. The zero-order valence-corrected chi connectivity index (χ0v) is 10.6. The molecule has 4 heteroatoms. The summed E-state index contributed by atoms with van der Waals surface area (Å²) in [5.74, 6) is -0.0926. The van der Waals surface area contributed by atoms with E-state index < -0.39 is 6.04 Å². The van der Waals surface area contributed by atoms with Gasteiger partial charge in [-0.1, -0.05) is 44.2 Å². The predicted octanol–water partition coefficient (Wildman–Crippen LogP) is 1.39. The third kappa shape index (κ3) is 2.76. The minimum absolute atomic E-state index is 0.221. The van der Waals surface area contributed by atoms with Crippen LogP contribution in [-0.2, 0) is 9.59 Å². The fraction of sp³-hybridized carbons (Fsp3) is 0.429. The monoisotopic (exact) mass is 246 g/mol. The highest BCUT2D eigenvalue weighted by Gasteiger charge is 2.34. The summed E-state index contributed by atoms with van der Waals surface area (Å²) in [7, 11) is 0. The number of carbonyl (C=O) groups is 2. The van der Waals surface area contributed by atoms with Crippen LogP contribution in [0.2, 0.25) is 0 Å². The first kappa shape index (κ1) is 12.8. The Labute approximate surface area is 107 Å². The molecule has 18 heavy (non-hydrogen) atoms. The molecule has 0 aliphatic carbocycles. The van der Waals surface area contributed by atoms with Crippen LogP contribution in [0, 0.1) is 5.92 Å². The van der Waals surface area contributed by atoms with Gasteiger partial charge in [-0.2, -0.15) is 0 Å². The summed E-state index contributed by atoms with van der Waals surface area (Å²) in [6.07, 6.45) is 0.725. The molecule has 1 saturated heterocycles. The van der Waals surface area contributed by atoms with E-state index in [2.05, 4.69) is 24.5 Å². The summed E-state index contributed by atoms with van der Waals surface area (Å²) in [5.41, 5.74) is 0.885. The van der Waals surface area contributed by atoms with Crippen molar-refractivity contribution in [1.29, 1.82) is 0 Å². The van der Waals surface area contributed by atoms with Gasteiger partial charge in [0.1, 0.15) is 6.04 Å². The minimum Gasteiger partial charge on any atom is -0.293 e. The van der Waals surface area contributed by atoms with E-state index in [0.29, 0.717) is 5.92 Å². The van der Waals surface area contributed by atoms with Crippen LogP contribution in [-0.4, -0.2) is 17.9 Å². The molecule has 0 aromatic heterocycles. The number of hydrogen-bond acceptors (Lipinski definition) is 3. The predicted molar refractivity (Wildman–Crippen MR) is 68.7 cm³/mol. The van der Waals surface area contributed by atoms with Crippen LogP contribution in [0.3, 0.4) is 0 Å². The Balaban J connectivity index is 2.16. The Hall–Kier alpha value is -1.68. The standard InChI is InChI=1S/C14H18N2O2/c1-9(2)8-11-13(17)16-14(18)12(15-11)10-6-4-3-5-7-10/h3-7,9,11-12,15H,8H2,1-2H3,(H,16,17,18)/t11-,12-/m0/s1. The van der Waals surface area contributed by atoms with Crippen LogP contribution in [0.25, 0.3) is 0 Å². The van der Waals surface area contributed by atoms with Crippen LogP contribution < -0.4 is 10.6 Å². The van der Waals surface area contributed by atoms with E-state index in [4.69, 9.17) is 0 Å². The van der Waals surface area contributed by atoms with Gasteiger partial charge in [0.25, 0.3) is 0 Å². The zero-order chi connectivity index (χ0) is 13.1. The Kier molecular flexibility index (Phi) is 3.77. The third-order valence-electron chi connectivity index (χ3n) is 3.03. The summed E-state index contributed by atoms with van der Waals surface area (Å²) >= 11 is 0. The molecular formula is C14H18N2O2. The molecule has 1 aromatic rings. The highest BCUT2D eigenvalue weighted by molar-refractivity contribution is 6.03. The lowest BCUT2D eigenvalue weighted by Crippen LogP contribution is -2.57. The van der Waals surface area contributed by atoms with E-state index in [-0.39, 0.29) is 17.9 Å². The molecule has 2 atom stereocenters. The lowest BCUT2D eigenvalue weighted by molar-refractivity contribution is -0.137. The van der Waals surface area contributed by atoms with Crippen molar-refractivity contribution in [3.8, 4) is 0 Å². The van der Waals surface area contributed by atoms with Gasteiger partial charge in [-0.05, 0) is 17.9 Å². The molecule has 2 N–H and O–H groups in total. The SMILES string of the molecule is CC(C)C[C@@H]1N[C@@H](c2ccccc2)C(=O)NC1=O. The van der Waals surface area contributed by atoms with Crippen molar-refractivity contribution in [1.82, 2.24) is 10.6 Å². The van der Waals surface area contributed by atoms with E-state index >= 15 is 0 Å².